The van der Waals surface area contributed by atoms with Gasteiger partial charge in [0, 0.05) is 19.5 Å². The number of hydrogen-bond acceptors (Lipinski definition) is 2. The SMILES string of the molecule is CC1CCC(=O)N(CCC2CCNCC2)CC1. The van der Waals surface area contributed by atoms with Gasteiger partial charge in [-0.3, -0.25) is 4.79 Å². The molecule has 2 rings (SSSR count). The lowest BCUT2D eigenvalue weighted by Gasteiger charge is -2.26. The van der Waals surface area contributed by atoms with Gasteiger partial charge >= 0.3 is 0 Å². The number of carbonyl (C=O) groups is 1. The van der Waals surface area contributed by atoms with Crippen molar-refractivity contribution in [3.05, 3.63) is 0 Å². The maximum Gasteiger partial charge on any atom is 0.222 e. The summed E-state index contributed by atoms with van der Waals surface area (Å²) in [5.74, 6) is 1.95. The number of nitrogens with one attached hydrogen (secondary N) is 1. The summed E-state index contributed by atoms with van der Waals surface area (Å²) >= 11 is 0. The highest BCUT2D eigenvalue weighted by atomic mass is 16.2. The van der Waals surface area contributed by atoms with E-state index in [1.54, 1.807) is 0 Å². The maximum absolute atomic E-state index is 11.9. The first kappa shape index (κ1) is 12.9. The fourth-order valence-electron chi connectivity index (χ4n) is 2.92. The molecule has 2 fully saturated rings. The van der Waals surface area contributed by atoms with Gasteiger partial charge in [-0.15, -0.1) is 0 Å². The molecule has 0 spiro atoms. The van der Waals surface area contributed by atoms with Crippen LogP contribution in [0.3, 0.4) is 0 Å². The second-order valence-electron chi connectivity index (χ2n) is 5.80. The lowest BCUT2D eigenvalue weighted by molar-refractivity contribution is -0.130. The minimum absolute atomic E-state index is 0.392. The predicted octanol–water partition coefficient (Wildman–Crippen LogP) is 2.02. The summed E-state index contributed by atoms with van der Waals surface area (Å²) in [6.45, 7) is 6.58. The summed E-state index contributed by atoms with van der Waals surface area (Å²) in [6, 6.07) is 0. The van der Waals surface area contributed by atoms with E-state index < -0.39 is 0 Å². The molecule has 98 valence electrons. The van der Waals surface area contributed by atoms with Gasteiger partial charge in [0.2, 0.25) is 5.91 Å². The van der Waals surface area contributed by atoms with Gasteiger partial charge in [-0.2, -0.15) is 0 Å². The van der Waals surface area contributed by atoms with Crippen molar-refractivity contribution in [1.29, 1.82) is 0 Å². The molecule has 1 amide bonds. The van der Waals surface area contributed by atoms with Crippen molar-refractivity contribution in [2.75, 3.05) is 26.2 Å². The van der Waals surface area contributed by atoms with Gasteiger partial charge in [0.15, 0.2) is 0 Å². The summed E-state index contributed by atoms with van der Waals surface area (Å²) in [6.07, 6.45) is 6.84. The molecule has 1 unspecified atom stereocenters. The van der Waals surface area contributed by atoms with Crippen LogP contribution in [0.5, 0.6) is 0 Å². The van der Waals surface area contributed by atoms with Crippen molar-refractivity contribution in [3.8, 4) is 0 Å². The van der Waals surface area contributed by atoms with Crippen LogP contribution >= 0.6 is 0 Å². The molecule has 0 saturated carbocycles. The molecule has 0 aliphatic carbocycles. The lowest BCUT2D eigenvalue weighted by Crippen LogP contribution is -2.34. The molecule has 0 bridgehead atoms. The molecule has 0 aromatic rings. The predicted molar refractivity (Wildman–Crippen MR) is 69.8 cm³/mol. The average molecular weight is 238 g/mol. The monoisotopic (exact) mass is 238 g/mol. The Morgan fingerprint density at radius 2 is 2.00 bits per heavy atom. The molecule has 2 aliphatic rings. The van der Waals surface area contributed by atoms with Crippen molar-refractivity contribution < 1.29 is 4.79 Å². The third-order valence-corrected chi connectivity index (χ3v) is 4.36. The van der Waals surface area contributed by atoms with Crippen molar-refractivity contribution in [3.63, 3.8) is 0 Å². The quantitative estimate of drug-likeness (QED) is 0.816. The highest BCUT2D eigenvalue weighted by Crippen LogP contribution is 2.20. The Kier molecular flexibility index (Phi) is 4.84. The van der Waals surface area contributed by atoms with E-state index in [0.29, 0.717) is 5.91 Å². The van der Waals surface area contributed by atoms with E-state index >= 15 is 0 Å². The molecule has 2 heterocycles. The van der Waals surface area contributed by atoms with Crippen LogP contribution in [0.4, 0.5) is 0 Å². The second-order valence-corrected chi connectivity index (χ2v) is 5.80. The van der Waals surface area contributed by atoms with Crippen LogP contribution in [-0.2, 0) is 4.79 Å². The number of piperidine rings is 1. The molecule has 0 radical (unpaired) electrons. The molecule has 0 aromatic carbocycles. The number of carbonyl (C=O) groups excluding carboxylic acids is 1. The largest absolute Gasteiger partial charge is 0.343 e. The van der Waals surface area contributed by atoms with E-state index in [9.17, 15) is 4.79 Å². The first-order chi connectivity index (χ1) is 8.25. The Labute approximate surface area is 105 Å². The minimum Gasteiger partial charge on any atom is -0.343 e. The summed E-state index contributed by atoms with van der Waals surface area (Å²) in [5, 5.41) is 3.40. The zero-order valence-electron chi connectivity index (χ0n) is 11.1. The first-order valence-electron chi connectivity index (χ1n) is 7.24. The fourth-order valence-corrected chi connectivity index (χ4v) is 2.92. The van der Waals surface area contributed by atoms with E-state index in [0.717, 1.165) is 50.9 Å². The number of likely N-dealkylation sites (tertiary alicyclic amines) is 1. The third kappa shape index (κ3) is 3.98. The van der Waals surface area contributed by atoms with Crippen LogP contribution in [0.2, 0.25) is 0 Å². The number of hydrogen-bond donors (Lipinski definition) is 1. The van der Waals surface area contributed by atoms with Crippen molar-refractivity contribution in [2.45, 2.75) is 45.4 Å². The zero-order chi connectivity index (χ0) is 12.1. The number of rotatable bonds is 3. The Balaban J connectivity index is 1.74. The second kappa shape index (κ2) is 6.39. The molecular formula is C14H26N2O. The smallest absolute Gasteiger partial charge is 0.222 e. The van der Waals surface area contributed by atoms with Crippen LogP contribution in [0.25, 0.3) is 0 Å². The summed E-state index contributed by atoms with van der Waals surface area (Å²) in [7, 11) is 0. The normalized spacial score (nSPS) is 28.2. The van der Waals surface area contributed by atoms with Gasteiger partial charge in [-0.1, -0.05) is 6.92 Å². The molecule has 17 heavy (non-hydrogen) atoms. The average Bonchev–Trinajstić information content (AvgIpc) is 2.52. The van der Waals surface area contributed by atoms with E-state index in [1.165, 1.54) is 25.7 Å². The van der Waals surface area contributed by atoms with Crippen molar-refractivity contribution >= 4 is 5.91 Å². The molecule has 3 heteroatoms. The van der Waals surface area contributed by atoms with Gasteiger partial charge in [0.25, 0.3) is 0 Å². The van der Waals surface area contributed by atoms with Crippen molar-refractivity contribution in [1.82, 2.24) is 10.2 Å². The molecule has 2 aliphatic heterocycles. The van der Waals surface area contributed by atoms with E-state index in [2.05, 4.69) is 17.1 Å². The third-order valence-electron chi connectivity index (χ3n) is 4.36. The topological polar surface area (TPSA) is 32.3 Å². The van der Waals surface area contributed by atoms with Crippen LogP contribution in [0.15, 0.2) is 0 Å². The maximum atomic E-state index is 11.9. The van der Waals surface area contributed by atoms with E-state index in [-0.39, 0.29) is 0 Å². The van der Waals surface area contributed by atoms with Gasteiger partial charge in [-0.25, -0.2) is 0 Å². The van der Waals surface area contributed by atoms with Gasteiger partial charge in [0.1, 0.15) is 0 Å². The Hall–Kier alpha value is -0.570. The highest BCUT2D eigenvalue weighted by Gasteiger charge is 2.21. The summed E-state index contributed by atoms with van der Waals surface area (Å²) in [5.41, 5.74) is 0. The van der Waals surface area contributed by atoms with E-state index in [4.69, 9.17) is 0 Å². The molecule has 2 saturated heterocycles. The Morgan fingerprint density at radius 3 is 2.76 bits per heavy atom. The molecule has 1 atom stereocenters. The Bertz CT molecular complexity index is 249. The van der Waals surface area contributed by atoms with Crippen LogP contribution in [0, 0.1) is 11.8 Å². The zero-order valence-corrected chi connectivity index (χ0v) is 11.1. The minimum atomic E-state index is 0.392. The lowest BCUT2D eigenvalue weighted by atomic mass is 9.94. The summed E-state index contributed by atoms with van der Waals surface area (Å²) < 4.78 is 0. The van der Waals surface area contributed by atoms with Gasteiger partial charge < -0.3 is 10.2 Å². The number of nitrogens with zero attached hydrogens (tertiary/aromatic N) is 1. The van der Waals surface area contributed by atoms with Crippen LogP contribution < -0.4 is 5.32 Å². The molecule has 1 N–H and O–H groups in total. The van der Waals surface area contributed by atoms with Crippen LogP contribution in [-0.4, -0.2) is 37.0 Å². The standard InChI is InChI=1S/C14H26N2O/c1-12-2-3-14(17)16(10-6-12)11-7-13-4-8-15-9-5-13/h12-13,15H,2-11H2,1H3. The first-order valence-corrected chi connectivity index (χ1v) is 7.24. The molecular weight excluding hydrogens is 212 g/mol. The fraction of sp³-hybridized carbons (Fsp3) is 0.929. The van der Waals surface area contributed by atoms with E-state index in [1.807, 2.05) is 0 Å². The number of amides is 1. The van der Waals surface area contributed by atoms with Crippen LogP contribution in [0.1, 0.15) is 45.4 Å². The molecule has 0 aromatic heterocycles. The Morgan fingerprint density at radius 1 is 1.24 bits per heavy atom. The highest BCUT2D eigenvalue weighted by molar-refractivity contribution is 5.76. The van der Waals surface area contributed by atoms with Crippen molar-refractivity contribution in [2.24, 2.45) is 11.8 Å². The van der Waals surface area contributed by atoms with Gasteiger partial charge in [0.05, 0.1) is 0 Å². The summed E-state index contributed by atoms with van der Waals surface area (Å²) in [4.78, 5) is 14.1. The van der Waals surface area contributed by atoms with Gasteiger partial charge in [-0.05, 0) is 57.0 Å². The molecule has 3 nitrogen and oxygen atoms in total.